The number of nitrogens with zero attached hydrogens (tertiary/aromatic N) is 1. The molecular weight excluding hydrogens is 220 g/mol. The number of nitrogens with one attached hydrogen (secondary N) is 1. The van der Waals surface area contributed by atoms with Crippen molar-refractivity contribution in [3.8, 4) is 0 Å². The minimum absolute atomic E-state index is 0.245. The SMILES string of the molecule is CCN(CC(C)(C)C(C)NC)c1cccc(C)c1. The van der Waals surface area contributed by atoms with Gasteiger partial charge in [-0.25, -0.2) is 0 Å². The number of hydrogen-bond donors (Lipinski definition) is 1. The molecule has 1 N–H and O–H groups in total. The van der Waals surface area contributed by atoms with Crippen LogP contribution in [0.5, 0.6) is 0 Å². The van der Waals surface area contributed by atoms with E-state index in [1.165, 1.54) is 11.3 Å². The fourth-order valence-corrected chi connectivity index (χ4v) is 2.23. The summed E-state index contributed by atoms with van der Waals surface area (Å²) in [4.78, 5) is 2.46. The minimum Gasteiger partial charge on any atom is -0.371 e. The first-order chi connectivity index (χ1) is 8.40. The zero-order valence-electron chi connectivity index (χ0n) is 12.7. The quantitative estimate of drug-likeness (QED) is 0.829. The normalized spacial score (nSPS) is 13.4. The van der Waals surface area contributed by atoms with Gasteiger partial charge in [-0.05, 0) is 50.9 Å². The average Bonchev–Trinajstić information content (AvgIpc) is 2.34. The molecule has 18 heavy (non-hydrogen) atoms. The molecule has 1 atom stereocenters. The van der Waals surface area contributed by atoms with Gasteiger partial charge in [-0.3, -0.25) is 0 Å². The Labute approximate surface area is 112 Å². The highest BCUT2D eigenvalue weighted by Gasteiger charge is 2.27. The Morgan fingerprint density at radius 1 is 1.33 bits per heavy atom. The van der Waals surface area contributed by atoms with Crippen LogP contribution in [-0.4, -0.2) is 26.2 Å². The predicted molar refractivity (Wildman–Crippen MR) is 81.4 cm³/mol. The number of aryl methyl sites for hydroxylation is 1. The van der Waals surface area contributed by atoms with Crippen LogP contribution in [-0.2, 0) is 0 Å². The van der Waals surface area contributed by atoms with Gasteiger partial charge in [0.15, 0.2) is 0 Å². The molecule has 0 aliphatic heterocycles. The van der Waals surface area contributed by atoms with Crippen LogP contribution in [0.15, 0.2) is 24.3 Å². The van der Waals surface area contributed by atoms with Crippen LogP contribution in [0, 0.1) is 12.3 Å². The van der Waals surface area contributed by atoms with Gasteiger partial charge < -0.3 is 10.2 Å². The van der Waals surface area contributed by atoms with Crippen molar-refractivity contribution >= 4 is 5.69 Å². The molecule has 0 saturated heterocycles. The van der Waals surface area contributed by atoms with E-state index >= 15 is 0 Å². The number of anilines is 1. The summed E-state index contributed by atoms with van der Waals surface area (Å²) in [5, 5.41) is 3.37. The highest BCUT2D eigenvalue weighted by Crippen LogP contribution is 2.25. The van der Waals surface area contributed by atoms with E-state index in [9.17, 15) is 0 Å². The second-order valence-electron chi connectivity index (χ2n) is 5.85. The Kier molecular flexibility index (Phi) is 5.21. The first kappa shape index (κ1) is 15.0. The highest BCUT2D eigenvalue weighted by atomic mass is 15.1. The Morgan fingerprint density at radius 2 is 2.00 bits per heavy atom. The summed E-state index contributed by atoms with van der Waals surface area (Å²) in [7, 11) is 2.04. The molecule has 1 aromatic carbocycles. The molecule has 0 bridgehead atoms. The van der Waals surface area contributed by atoms with Gasteiger partial charge in [-0.15, -0.1) is 0 Å². The van der Waals surface area contributed by atoms with Gasteiger partial charge in [-0.1, -0.05) is 26.0 Å². The Morgan fingerprint density at radius 3 is 2.50 bits per heavy atom. The maximum atomic E-state index is 3.37. The molecule has 0 amide bonds. The summed E-state index contributed by atoms with van der Waals surface area (Å²) in [6.07, 6.45) is 0. The van der Waals surface area contributed by atoms with E-state index in [4.69, 9.17) is 0 Å². The second kappa shape index (κ2) is 6.24. The number of hydrogen-bond acceptors (Lipinski definition) is 2. The lowest BCUT2D eigenvalue weighted by Crippen LogP contribution is -2.45. The summed E-state index contributed by atoms with van der Waals surface area (Å²) < 4.78 is 0. The van der Waals surface area contributed by atoms with Crippen LogP contribution in [0.25, 0.3) is 0 Å². The highest BCUT2D eigenvalue weighted by molar-refractivity contribution is 5.48. The van der Waals surface area contributed by atoms with Crippen LogP contribution in [0.1, 0.15) is 33.3 Å². The fraction of sp³-hybridized carbons (Fsp3) is 0.625. The molecule has 102 valence electrons. The van der Waals surface area contributed by atoms with E-state index in [0.717, 1.165) is 13.1 Å². The van der Waals surface area contributed by atoms with Crippen LogP contribution in [0.4, 0.5) is 5.69 Å². The van der Waals surface area contributed by atoms with Crippen molar-refractivity contribution in [1.29, 1.82) is 0 Å². The van der Waals surface area contributed by atoms with Gasteiger partial charge in [0.25, 0.3) is 0 Å². The molecule has 0 heterocycles. The van der Waals surface area contributed by atoms with E-state index in [1.807, 2.05) is 7.05 Å². The Balaban J connectivity index is 2.85. The molecule has 0 radical (unpaired) electrons. The molecule has 0 aliphatic carbocycles. The van der Waals surface area contributed by atoms with Gasteiger partial charge in [0, 0.05) is 24.8 Å². The monoisotopic (exact) mass is 248 g/mol. The molecule has 0 saturated carbocycles. The van der Waals surface area contributed by atoms with Gasteiger partial charge in [0.1, 0.15) is 0 Å². The third-order valence-corrected chi connectivity index (χ3v) is 3.95. The average molecular weight is 248 g/mol. The maximum absolute atomic E-state index is 3.37. The second-order valence-corrected chi connectivity index (χ2v) is 5.85. The van der Waals surface area contributed by atoms with E-state index in [0.29, 0.717) is 6.04 Å². The van der Waals surface area contributed by atoms with E-state index in [-0.39, 0.29) is 5.41 Å². The summed E-state index contributed by atoms with van der Waals surface area (Å²) in [5.41, 5.74) is 2.90. The molecule has 2 heteroatoms. The minimum atomic E-state index is 0.245. The van der Waals surface area contributed by atoms with Crippen LogP contribution in [0.2, 0.25) is 0 Å². The first-order valence-electron chi connectivity index (χ1n) is 6.89. The molecule has 1 rings (SSSR count). The fourth-order valence-electron chi connectivity index (χ4n) is 2.23. The van der Waals surface area contributed by atoms with Gasteiger partial charge in [0.05, 0.1) is 0 Å². The molecular formula is C16H28N2. The zero-order chi connectivity index (χ0) is 13.8. The third-order valence-electron chi connectivity index (χ3n) is 3.95. The maximum Gasteiger partial charge on any atom is 0.0368 e. The largest absolute Gasteiger partial charge is 0.371 e. The van der Waals surface area contributed by atoms with Gasteiger partial charge in [-0.2, -0.15) is 0 Å². The van der Waals surface area contributed by atoms with Crippen LogP contribution >= 0.6 is 0 Å². The molecule has 1 unspecified atom stereocenters. The van der Waals surface area contributed by atoms with Crippen molar-refractivity contribution in [2.45, 2.75) is 40.7 Å². The summed E-state index contributed by atoms with van der Waals surface area (Å²) in [5.74, 6) is 0. The van der Waals surface area contributed by atoms with Crippen molar-refractivity contribution in [3.05, 3.63) is 29.8 Å². The van der Waals surface area contributed by atoms with Crippen molar-refractivity contribution < 1.29 is 0 Å². The van der Waals surface area contributed by atoms with E-state index < -0.39 is 0 Å². The lowest BCUT2D eigenvalue weighted by Gasteiger charge is -2.37. The molecule has 2 nitrogen and oxygen atoms in total. The number of rotatable bonds is 6. The molecule has 0 aromatic heterocycles. The first-order valence-corrected chi connectivity index (χ1v) is 6.89. The van der Waals surface area contributed by atoms with Crippen molar-refractivity contribution in [2.24, 2.45) is 5.41 Å². The third kappa shape index (κ3) is 3.74. The van der Waals surface area contributed by atoms with Crippen molar-refractivity contribution in [1.82, 2.24) is 5.32 Å². The number of benzene rings is 1. The summed E-state index contributed by atoms with van der Waals surface area (Å²) in [6, 6.07) is 9.26. The van der Waals surface area contributed by atoms with Crippen LogP contribution < -0.4 is 10.2 Å². The summed E-state index contributed by atoms with van der Waals surface area (Å²) >= 11 is 0. The Hall–Kier alpha value is -1.02. The van der Waals surface area contributed by atoms with E-state index in [1.54, 1.807) is 0 Å². The Bertz CT molecular complexity index is 371. The van der Waals surface area contributed by atoms with E-state index in [2.05, 4.69) is 69.1 Å². The topological polar surface area (TPSA) is 15.3 Å². The van der Waals surface area contributed by atoms with Crippen molar-refractivity contribution in [2.75, 3.05) is 25.0 Å². The zero-order valence-corrected chi connectivity index (χ0v) is 12.7. The predicted octanol–water partition coefficient (Wildman–Crippen LogP) is 3.46. The van der Waals surface area contributed by atoms with Crippen LogP contribution in [0.3, 0.4) is 0 Å². The smallest absolute Gasteiger partial charge is 0.0368 e. The molecule has 0 spiro atoms. The van der Waals surface area contributed by atoms with Crippen molar-refractivity contribution in [3.63, 3.8) is 0 Å². The lowest BCUT2D eigenvalue weighted by molar-refractivity contribution is 0.272. The van der Waals surface area contributed by atoms with Gasteiger partial charge >= 0.3 is 0 Å². The molecule has 0 fully saturated rings. The van der Waals surface area contributed by atoms with Gasteiger partial charge in [0.2, 0.25) is 0 Å². The lowest BCUT2D eigenvalue weighted by atomic mass is 9.84. The molecule has 1 aromatic rings. The molecule has 0 aliphatic rings. The summed E-state index contributed by atoms with van der Waals surface area (Å²) in [6.45, 7) is 13.4. The standard InChI is InChI=1S/C16H28N2/c1-7-18(12-16(4,5)14(3)17-6)15-10-8-9-13(2)11-15/h8-11,14,17H,7,12H2,1-6H3.